The van der Waals surface area contributed by atoms with E-state index in [1.807, 2.05) is 13.8 Å². The van der Waals surface area contributed by atoms with Crippen molar-refractivity contribution in [2.75, 3.05) is 53.0 Å². The van der Waals surface area contributed by atoms with Crippen molar-refractivity contribution in [3.8, 4) is 0 Å². The van der Waals surface area contributed by atoms with Crippen LogP contribution in [0.3, 0.4) is 0 Å². The number of hydrogen-bond acceptors (Lipinski definition) is 4. The van der Waals surface area contributed by atoms with Gasteiger partial charge < -0.3 is 14.5 Å². The fourth-order valence-electron chi connectivity index (χ4n) is 3.97. The molecular weight excluding hydrogens is 242 g/mol. The zero-order chi connectivity index (χ0) is 13.6. The van der Waals surface area contributed by atoms with Crippen molar-refractivity contribution in [2.24, 2.45) is 5.92 Å². The van der Waals surface area contributed by atoms with Crippen LogP contribution in [0.1, 0.15) is 13.8 Å². The molecule has 1 atom stereocenters. The summed E-state index contributed by atoms with van der Waals surface area (Å²) in [6.45, 7) is 10.5. The second-order valence-corrected chi connectivity index (χ2v) is 6.69. The molecule has 5 heteroatoms. The Labute approximate surface area is 115 Å². The largest absolute Gasteiger partial charge is 0.378 e. The van der Waals surface area contributed by atoms with Gasteiger partial charge in [-0.15, -0.1) is 0 Å². The monoisotopic (exact) mass is 267 g/mol. The molecule has 0 bridgehead atoms. The topological polar surface area (TPSA) is 36.0 Å². The number of carbonyl (C=O) groups is 1. The summed E-state index contributed by atoms with van der Waals surface area (Å²) >= 11 is 0. The van der Waals surface area contributed by atoms with Gasteiger partial charge in [0.15, 0.2) is 0 Å². The third-order valence-electron chi connectivity index (χ3n) is 4.69. The average molecular weight is 267 g/mol. The van der Waals surface area contributed by atoms with Crippen LogP contribution in [-0.4, -0.2) is 85.2 Å². The van der Waals surface area contributed by atoms with E-state index in [0.29, 0.717) is 11.9 Å². The van der Waals surface area contributed by atoms with Crippen LogP contribution in [0.5, 0.6) is 0 Å². The van der Waals surface area contributed by atoms with E-state index in [1.165, 1.54) is 0 Å². The molecule has 0 N–H and O–H groups in total. The molecule has 0 aliphatic carbocycles. The third kappa shape index (κ3) is 2.18. The molecule has 3 aliphatic rings. The molecular formula is C14H25N3O2. The maximum atomic E-state index is 12.3. The summed E-state index contributed by atoms with van der Waals surface area (Å²) in [5.41, 5.74) is 0.187. The minimum absolute atomic E-state index is 0.0888. The fraction of sp³-hybridized carbons (Fsp3) is 0.929. The molecule has 1 amide bonds. The minimum Gasteiger partial charge on any atom is -0.378 e. The van der Waals surface area contributed by atoms with Crippen molar-refractivity contribution in [1.29, 1.82) is 0 Å². The number of rotatable bonds is 1. The number of carbonyl (C=O) groups excluding carboxylic acids is 1. The number of hydrogen-bond donors (Lipinski definition) is 0. The first-order valence-electron chi connectivity index (χ1n) is 7.34. The number of ether oxygens (including phenoxy) is 1. The maximum absolute atomic E-state index is 12.3. The highest BCUT2D eigenvalue weighted by molar-refractivity contribution is 5.78. The number of piperazine rings is 1. The first-order valence-corrected chi connectivity index (χ1v) is 7.34. The first-order chi connectivity index (χ1) is 9.02. The van der Waals surface area contributed by atoms with Gasteiger partial charge in [-0.25, -0.2) is 0 Å². The Balaban J connectivity index is 1.80. The lowest BCUT2D eigenvalue weighted by Gasteiger charge is -2.63. The highest BCUT2D eigenvalue weighted by Gasteiger charge is 2.53. The van der Waals surface area contributed by atoms with E-state index < -0.39 is 0 Å². The minimum atomic E-state index is 0.0888. The van der Waals surface area contributed by atoms with E-state index in [4.69, 9.17) is 4.74 Å². The number of nitrogens with zero attached hydrogens (tertiary/aromatic N) is 3. The van der Waals surface area contributed by atoms with Gasteiger partial charge in [0.05, 0.1) is 24.8 Å². The second kappa shape index (κ2) is 4.72. The lowest BCUT2D eigenvalue weighted by Crippen LogP contribution is -2.80. The van der Waals surface area contributed by atoms with E-state index in [0.717, 1.165) is 45.9 Å². The first kappa shape index (κ1) is 13.3. The van der Waals surface area contributed by atoms with Gasteiger partial charge in [-0.1, -0.05) is 13.8 Å². The highest BCUT2D eigenvalue weighted by atomic mass is 16.5. The smallest absolute Gasteiger partial charge is 0.225 e. The molecule has 0 aromatic rings. The number of fused-ring (bicyclic) bond motifs is 2. The van der Waals surface area contributed by atoms with Crippen molar-refractivity contribution in [3.63, 3.8) is 0 Å². The molecule has 1 unspecified atom stereocenters. The third-order valence-corrected chi connectivity index (χ3v) is 4.69. The molecule has 19 heavy (non-hydrogen) atoms. The molecule has 3 fully saturated rings. The van der Waals surface area contributed by atoms with Crippen LogP contribution < -0.4 is 0 Å². The van der Waals surface area contributed by atoms with Gasteiger partial charge in [0.25, 0.3) is 0 Å². The summed E-state index contributed by atoms with van der Waals surface area (Å²) in [5, 5.41) is 0. The molecule has 3 heterocycles. The van der Waals surface area contributed by atoms with Crippen LogP contribution in [0.4, 0.5) is 0 Å². The van der Waals surface area contributed by atoms with Crippen LogP contribution in [0.15, 0.2) is 0 Å². The molecule has 0 aromatic carbocycles. The Morgan fingerprint density at radius 1 is 1.32 bits per heavy atom. The van der Waals surface area contributed by atoms with Gasteiger partial charge in [0, 0.05) is 38.6 Å². The van der Waals surface area contributed by atoms with Gasteiger partial charge in [-0.2, -0.15) is 0 Å². The molecule has 0 saturated carbocycles. The van der Waals surface area contributed by atoms with Gasteiger partial charge in [0.1, 0.15) is 0 Å². The number of likely N-dealkylation sites (N-methyl/N-ethyl adjacent to an activating group) is 1. The van der Waals surface area contributed by atoms with Crippen molar-refractivity contribution in [2.45, 2.75) is 25.4 Å². The van der Waals surface area contributed by atoms with Crippen LogP contribution in [0.2, 0.25) is 0 Å². The van der Waals surface area contributed by atoms with Crippen LogP contribution in [0, 0.1) is 5.92 Å². The molecule has 3 saturated heterocycles. The Kier molecular flexibility index (Phi) is 3.31. The number of amides is 1. The van der Waals surface area contributed by atoms with E-state index in [-0.39, 0.29) is 11.5 Å². The molecule has 0 aromatic heterocycles. The lowest BCUT2D eigenvalue weighted by atomic mass is 9.82. The molecule has 3 aliphatic heterocycles. The maximum Gasteiger partial charge on any atom is 0.225 e. The van der Waals surface area contributed by atoms with Gasteiger partial charge in [-0.05, 0) is 7.05 Å². The van der Waals surface area contributed by atoms with E-state index in [1.54, 1.807) is 0 Å². The summed E-state index contributed by atoms with van der Waals surface area (Å²) in [6, 6.07) is 0.388. The normalized spacial score (nSPS) is 31.4. The SMILES string of the molecule is CC(C)C(=O)N1CC2COCCN2C2(CN(C)C2)C1. The van der Waals surface area contributed by atoms with Gasteiger partial charge in [-0.3, -0.25) is 9.69 Å². The van der Waals surface area contributed by atoms with Gasteiger partial charge in [0.2, 0.25) is 5.91 Å². The predicted molar refractivity (Wildman–Crippen MR) is 73.0 cm³/mol. The standard InChI is InChI=1S/C14H25N3O2/c1-11(2)13(18)16-6-12-7-19-5-4-17(12)14(10-16)8-15(3)9-14/h11-12H,4-10H2,1-3H3. The van der Waals surface area contributed by atoms with Gasteiger partial charge >= 0.3 is 0 Å². The Morgan fingerprint density at radius 3 is 2.68 bits per heavy atom. The summed E-state index contributed by atoms with van der Waals surface area (Å²) in [6.07, 6.45) is 0. The lowest BCUT2D eigenvalue weighted by molar-refractivity contribution is -0.173. The fourth-order valence-corrected chi connectivity index (χ4v) is 3.97. The van der Waals surface area contributed by atoms with Crippen molar-refractivity contribution >= 4 is 5.91 Å². The quantitative estimate of drug-likeness (QED) is 0.663. The summed E-state index contributed by atoms with van der Waals surface area (Å²) in [4.78, 5) is 19.4. The molecule has 0 radical (unpaired) electrons. The summed E-state index contributed by atoms with van der Waals surface area (Å²) in [5.74, 6) is 0.380. The van der Waals surface area contributed by atoms with Crippen LogP contribution in [0.25, 0.3) is 0 Å². The highest BCUT2D eigenvalue weighted by Crippen LogP contribution is 2.35. The van der Waals surface area contributed by atoms with Crippen molar-refractivity contribution < 1.29 is 9.53 Å². The van der Waals surface area contributed by atoms with Crippen LogP contribution in [-0.2, 0) is 9.53 Å². The zero-order valence-corrected chi connectivity index (χ0v) is 12.3. The Morgan fingerprint density at radius 2 is 2.05 bits per heavy atom. The van der Waals surface area contributed by atoms with E-state index in [2.05, 4.69) is 21.7 Å². The van der Waals surface area contributed by atoms with E-state index >= 15 is 0 Å². The Bertz CT molecular complexity index is 366. The second-order valence-electron chi connectivity index (χ2n) is 6.69. The Hall–Kier alpha value is -0.650. The van der Waals surface area contributed by atoms with Crippen molar-refractivity contribution in [1.82, 2.24) is 14.7 Å². The summed E-state index contributed by atoms with van der Waals surface area (Å²) < 4.78 is 5.62. The molecule has 5 nitrogen and oxygen atoms in total. The molecule has 1 spiro atoms. The predicted octanol–water partition coefficient (Wildman–Crippen LogP) is -0.130. The zero-order valence-electron chi connectivity index (χ0n) is 12.3. The summed E-state index contributed by atoms with van der Waals surface area (Å²) in [7, 11) is 2.16. The van der Waals surface area contributed by atoms with E-state index in [9.17, 15) is 4.79 Å². The molecule has 3 rings (SSSR count). The van der Waals surface area contributed by atoms with Crippen LogP contribution >= 0.6 is 0 Å². The average Bonchev–Trinajstić information content (AvgIpc) is 2.36. The number of morpholine rings is 1. The van der Waals surface area contributed by atoms with Crippen molar-refractivity contribution in [3.05, 3.63) is 0 Å². The molecule has 108 valence electrons. The number of likely N-dealkylation sites (tertiary alicyclic amines) is 1.